The van der Waals surface area contributed by atoms with E-state index in [2.05, 4.69) is 15.3 Å². The number of benzene rings is 1. The van der Waals surface area contributed by atoms with E-state index in [9.17, 15) is 31.1 Å². The predicted molar refractivity (Wildman–Crippen MR) is 101 cm³/mol. The lowest BCUT2D eigenvalue weighted by atomic mass is 10.0. The number of alkyl halides is 6. The summed E-state index contributed by atoms with van der Waals surface area (Å²) in [4.78, 5) is 22.3. The molecule has 1 aliphatic heterocycles. The van der Waals surface area contributed by atoms with Crippen molar-refractivity contribution in [3.8, 4) is 0 Å². The third-order valence-electron chi connectivity index (χ3n) is 5.09. The Morgan fingerprint density at radius 3 is 2.31 bits per heavy atom. The van der Waals surface area contributed by atoms with Crippen LogP contribution in [0.25, 0.3) is 11.2 Å². The molecular formula is C20H17F6N5O. The minimum atomic E-state index is -4.94. The molecule has 0 saturated carbocycles. The Kier molecular flexibility index (Phi) is 5.57. The van der Waals surface area contributed by atoms with E-state index in [0.717, 1.165) is 0 Å². The van der Waals surface area contributed by atoms with E-state index in [1.807, 2.05) is 0 Å². The van der Waals surface area contributed by atoms with Crippen LogP contribution < -0.4 is 5.32 Å². The molecule has 0 atom stereocenters. The first-order valence-corrected chi connectivity index (χ1v) is 9.59. The second-order valence-corrected chi connectivity index (χ2v) is 7.37. The summed E-state index contributed by atoms with van der Waals surface area (Å²) in [7, 11) is 0. The summed E-state index contributed by atoms with van der Waals surface area (Å²) in [6, 6.07) is 4.71. The number of nitrogens with zero attached hydrogens (tertiary/aromatic N) is 4. The first-order chi connectivity index (χ1) is 15.0. The van der Waals surface area contributed by atoms with Crippen LogP contribution in [-0.2, 0) is 30.2 Å². The maximum absolute atomic E-state index is 13.3. The number of amides is 1. The molecule has 6 nitrogen and oxygen atoms in total. The van der Waals surface area contributed by atoms with Gasteiger partial charge < -0.3 is 14.8 Å². The number of pyridine rings is 1. The standard InChI is InChI=1S/C20H17F6N5O/c21-19(22,23)13-6-12(7-14(8-13)20(24,25)26)10-31-16(11-30-5-4-27-9-17(30)32)29-15-2-1-3-28-18(15)31/h1-3,6-8,27H,4-5,9-11H2. The number of rotatable bonds is 4. The van der Waals surface area contributed by atoms with Gasteiger partial charge in [-0.05, 0) is 35.9 Å². The number of fused-ring (bicyclic) bond motifs is 1. The molecule has 170 valence electrons. The largest absolute Gasteiger partial charge is 0.416 e. The Balaban J connectivity index is 1.78. The average molecular weight is 457 g/mol. The van der Waals surface area contributed by atoms with Gasteiger partial charge in [-0.2, -0.15) is 26.3 Å². The molecule has 0 bridgehead atoms. The SMILES string of the molecule is O=C1CNCCN1Cc1nc2cccnc2n1Cc1cc(C(F)(F)F)cc(C(F)(F)F)c1. The minimum Gasteiger partial charge on any atom is -0.333 e. The van der Waals surface area contributed by atoms with Crippen LogP contribution in [0, 0.1) is 0 Å². The predicted octanol–water partition coefficient (Wildman–Crippen LogP) is 3.45. The molecule has 0 radical (unpaired) electrons. The molecule has 32 heavy (non-hydrogen) atoms. The molecule has 0 spiro atoms. The van der Waals surface area contributed by atoms with E-state index < -0.39 is 23.5 Å². The maximum Gasteiger partial charge on any atom is 0.416 e. The monoisotopic (exact) mass is 457 g/mol. The topological polar surface area (TPSA) is 63.1 Å². The normalized spacial score (nSPS) is 15.6. The van der Waals surface area contributed by atoms with Gasteiger partial charge in [0.05, 0.1) is 30.8 Å². The zero-order valence-electron chi connectivity index (χ0n) is 16.5. The van der Waals surface area contributed by atoms with Crippen LogP contribution in [0.2, 0.25) is 0 Å². The molecule has 1 aromatic carbocycles. The van der Waals surface area contributed by atoms with Gasteiger partial charge >= 0.3 is 12.4 Å². The van der Waals surface area contributed by atoms with Crippen LogP contribution in [-0.4, -0.2) is 45.0 Å². The van der Waals surface area contributed by atoms with Gasteiger partial charge in [-0.15, -0.1) is 0 Å². The van der Waals surface area contributed by atoms with Gasteiger partial charge in [0.1, 0.15) is 11.3 Å². The number of hydrogen-bond acceptors (Lipinski definition) is 4. The van der Waals surface area contributed by atoms with E-state index in [4.69, 9.17) is 0 Å². The number of nitrogens with one attached hydrogen (secondary N) is 1. The lowest BCUT2D eigenvalue weighted by molar-refractivity contribution is -0.143. The van der Waals surface area contributed by atoms with Gasteiger partial charge in [-0.3, -0.25) is 4.79 Å². The highest BCUT2D eigenvalue weighted by Crippen LogP contribution is 2.36. The molecule has 1 amide bonds. The highest BCUT2D eigenvalue weighted by Gasteiger charge is 2.37. The molecular weight excluding hydrogens is 440 g/mol. The van der Waals surface area contributed by atoms with Crippen molar-refractivity contribution < 1.29 is 31.1 Å². The third-order valence-corrected chi connectivity index (χ3v) is 5.09. The lowest BCUT2D eigenvalue weighted by Gasteiger charge is -2.27. The molecule has 3 heterocycles. The van der Waals surface area contributed by atoms with Gasteiger partial charge in [0, 0.05) is 19.3 Å². The average Bonchev–Trinajstić information content (AvgIpc) is 3.05. The highest BCUT2D eigenvalue weighted by molar-refractivity contribution is 5.79. The molecule has 1 fully saturated rings. The maximum atomic E-state index is 13.3. The van der Waals surface area contributed by atoms with E-state index in [1.54, 1.807) is 12.1 Å². The van der Waals surface area contributed by atoms with Crippen molar-refractivity contribution >= 4 is 17.1 Å². The van der Waals surface area contributed by atoms with Crippen LogP contribution in [0.4, 0.5) is 26.3 Å². The third kappa shape index (κ3) is 4.54. The van der Waals surface area contributed by atoms with Crippen LogP contribution in [0.5, 0.6) is 0 Å². The summed E-state index contributed by atoms with van der Waals surface area (Å²) in [6.07, 6.45) is -8.43. The van der Waals surface area contributed by atoms with Gasteiger partial charge in [-0.1, -0.05) is 0 Å². The summed E-state index contributed by atoms with van der Waals surface area (Å²) in [6.45, 7) is 0.836. The van der Waals surface area contributed by atoms with Crippen molar-refractivity contribution in [1.29, 1.82) is 0 Å². The van der Waals surface area contributed by atoms with Crippen LogP contribution in [0.3, 0.4) is 0 Å². The Morgan fingerprint density at radius 2 is 1.69 bits per heavy atom. The molecule has 3 aromatic rings. The van der Waals surface area contributed by atoms with Gasteiger partial charge in [-0.25, -0.2) is 9.97 Å². The Labute approximate surface area is 177 Å². The first-order valence-electron chi connectivity index (χ1n) is 9.59. The quantitative estimate of drug-likeness (QED) is 0.610. The van der Waals surface area contributed by atoms with Crippen molar-refractivity contribution in [1.82, 2.24) is 24.8 Å². The number of carbonyl (C=O) groups is 1. The Hall–Kier alpha value is -3.15. The number of piperazine rings is 1. The van der Waals surface area contributed by atoms with Crippen molar-refractivity contribution in [3.63, 3.8) is 0 Å². The molecule has 0 aliphatic carbocycles. The Morgan fingerprint density at radius 1 is 1.00 bits per heavy atom. The molecule has 0 unspecified atom stereocenters. The molecule has 1 N–H and O–H groups in total. The van der Waals surface area contributed by atoms with Gasteiger partial charge in [0.15, 0.2) is 5.65 Å². The van der Waals surface area contributed by atoms with E-state index in [0.29, 0.717) is 42.2 Å². The molecule has 12 heteroatoms. The van der Waals surface area contributed by atoms with Crippen LogP contribution in [0.1, 0.15) is 22.5 Å². The Bertz CT molecular complexity index is 1120. The van der Waals surface area contributed by atoms with Gasteiger partial charge in [0.25, 0.3) is 0 Å². The summed E-state index contributed by atoms with van der Waals surface area (Å²) >= 11 is 0. The smallest absolute Gasteiger partial charge is 0.333 e. The van der Waals surface area contributed by atoms with E-state index >= 15 is 0 Å². The number of carbonyl (C=O) groups excluding carboxylic acids is 1. The van der Waals surface area contributed by atoms with Crippen molar-refractivity contribution in [2.45, 2.75) is 25.4 Å². The zero-order valence-corrected chi connectivity index (χ0v) is 16.5. The summed E-state index contributed by atoms with van der Waals surface area (Å²) in [5.74, 6) is 0.140. The number of aromatic nitrogens is 3. The van der Waals surface area contributed by atoms with Crippen molar-refractivity contribution in [2.75, 3.05) is 19.6 Å². The fourth-order valence-corrected chi connectivity index (χ4v) is 3.57. The lowest BCUT2D eigenvalue weighted by Crippen LogP contribution is -2.47. The summed E-state index contributed by atoms with van der Waals surface area (Å²) < 4.78 is 80.9. The van der Waals surface area contributed by atoms with Crippen molar-refractivity contribution in [2.24, 2.45) is 0 Å². The fraction of sp³-hybridized carbons (Fsp3) is 0.350. The first kappa shape index (κ1) is 22.1. The summed E-state index contributed by atoms with van der Waals surface area (Å²) in [5, 5.41) is 2.93. The fourth-order valence-electron chi connectivity index (χ4n) is 3.57. The molecule has 2 aromatic heterocycles. The van der Waals surface area contributed by atoms with Gasteiger partial charge in [0.2, 0.25) is 5.91 Å². The second-order valence-electron chi connectivity index (χ2n) is 7.37. The molecule has 1 aliphatic rings. The van der Waals surface area contributed by atoms with Crippen molar-refractivity contribution in [3.05, 3.63) is 59.0 Å². The number of hydrogen-bond donors (Lipinski definition) is 1. The molecule has 4 rings (SSSR count). The number of halogens is 6. The zero-order chi connectivity index (χ0) is 23.1. The second kappa shape index (κ2) is 8.08. The minimum absolute atomic E-state index is 0.0575. The van der Waals surface area contributed by atoms with E-state index in [-0.39, 0.29) is 37.2 Å². The molecule has 1 saturated heterocycles. The van der Waals surface area contributed by atoms with Crippen LogP contribution in [0.15, 0.2) is 36.5 Å². The van der Waals surface area contributed by atoms with Crippen LogP contribution >= 0.6 is 0 Å². The highest BCUT2D eigenvalue weighted by atomic mass is 19.4. The summed E-state index contributed by atoms with van der Waals surface area (Å²) in [5.41, 5.74) is -2.26. The number of imidazole rings is 1. The van der Waals surface area contributed by atoms with E-state index in [1.165, 1.54) is 15.7 Å².